The minimum Gasteiger partial charge on any atom is -0.389 e. The topological polar surface area (TPSA) is 92.0 Å². The van der Waals surface area contributed by atoms with Crippen LogP contribution in [0.4, 0.5) is 0 Å². The number of rotatable bonds is 4. The molecule has 3 heterocycles. The molecular weight excluding hydrogens is 388 g/mol. The quantitative estimate of drug-likeness (QED) is 0.542. The van der Waals surface area contributed by atoms with Crippen LogP contribution in [0, 0.1) is 17.2 Å². The van der Waals surface area contributed by atoms with Crippen LogP contribution in [0.1, 0.15) is 38.8 Å². The van der Waals surface area contributed by atoms with Gasteiger partial charge >= 0.3 is 0 Å². The molecule has 7 heteroatoms. The van der Waals surface area contributed by atoms with E-state index in [0.29, 0.717) is 6.54 Å². The lowest BCUT2D eigenvalue weighted by atomic mass is 9.88. The first kappa shape index (κ1) is 19.5. The van der Waals surface area contributed by atoms with Crippen molar-refractivity contribution in [1.82, 2.24) is 24.4 Å². The third-order valence-electron chi connectivity index (χ3n) is 5.74. The van der Waals surface area contributed by atoms with E-state index in [4.69, 9.17) is 4.98 Å². The number of nitriles is 1. The summed E-state index contributed by atoms with van der Waals surface area (Å²) in [7, 11) is 0. The second-order valence-corrected chi connectivity index (χ2v) is 8.87. The lowest BCUT2D eigenvalue weighted by molar-refractivity contribution is 0.0580. The molecule has 1 aliphatic carbocycles. The predicted molar refractivity (Wildman–Crippen MR) is 119 cm³/mol. The number of benzene rings is 1. The predicted octanol–water partition coefficient (Wildman–Crippen LogP) is 4.22. The van der Waals surface area contributed by atoms with Crippen LogP contribution in [-0.2, 0) is 6.54 Å². The average molecular weight is 412 g/mol. The van der Waals surface area contributed by atoms with E-state index in [1.54, 1.807) is 24.7 Å². The van der Waals surface area contributed by atoms with Gasteiger partial charge in [-0.3, -0.25) is 9.67 Å². The summed E-state index contributed by atoms with van der Waals surface area (Å²) in [4.78, 5) is 4.69. The molecule has 0 bridgehead atoms. The molecule has 5 rings (SSSR count). The van der Waals surface area contributed by atoms with E-state index in [1.165, 1.54) is 5.57 Å². The van der Waals surface area contributed by atoms with Crippen molar-refractivity contribution in [3.8, 4) is 17.2 Å². The van der Waals surface area contributed by atoms with Crippen LogP contribution < -0.4 is 0 Å². The summed E-state index contributed by atoms with van der Waals surface area (Å²) in [5.74, 6) is 0.0932. The minimum absolute atomic E-state index is 0.0932. The molecule has 1 atom stereocenters. The first-order valence-corrected chi connectivity index (χ1v) is 10.5. The van der Waals surface area contributed by atoms with Gasteiger partial charge in [0, 0.05) is 29.5 Å². The highest BCUT2D eigenvalue weighted by atomic mass is 16.3. The van der Waals surface area contributed by atoms with Crippen molar-refractivity contribution >= 4 is 22.0 Å². The maximum absolute atomic E-state index is 10.1. The molecule has 1 unspecified atom stereocenters. The molecular formula is C24H24N6O. The van der Waals surface area contributed by atoms with Crippen molar-refractivity contribution in [2.75, 3.05) is 0 Å². The fourth-order valence-corrected chi connectivity index (χ4v) is 4.28. The Morgan fingerprint density at radius 1 is 1.32 bits per heavy atom. The van der Waals surface area contributed by atoms with E-state index in [2.05, 4.69) is 34.5 Å². The number of hydrogen-bond donors (Lipinski definition) is 1. The SMILES string of the molecule is CC(C)(O)Cn1cc2cc(-c3cnn4ccnc(C5=CCC(C#N)CC5)c34)ccc2n1. The normalized spacial score (nSPS) is 17.1. The van der Waals surface area contributed by atoms with Crippen LogP contribution in [0.25, 0.3) is 33.1 Å². The Morgan fingerprint density at radius 3 is 2.94 bits per heavy atom. The summed E-state index contributed by atoms with van der Waals surface area (Å²) in [5.41, 5.74) is 5.22. The number of aliphatic hydroxyl groups is 1. The van der Waals surface area contributed by atoms with Crippen molar-refractivity contribution in [1.29, 1.82) is 5.26 Å². The van der Waals surface area contributed by atoms with Gasteiger partial charge in [0.25, 0.3) is 0 Å². The van der Waals surface area contributed by atoms with Gasteiger partial charge in [-0.2, -0.15) is 15.5 Å². The zero-order valence-corrected chi connectivity index (χ0v) is 17.7. The smallest absolute Gasteiger partial charge is 0.0999 e. The van der Waals surface area contributed by atoms with Gasteiger partial charge in [-0.15, -0.1) is 0 Å². The fourth-order valence-electron chi connectivity index (χ4n) is 4.28. The molecule has 7 nitrogen and oxygen atoms in total. The third kappa shape index (κ3) is 3.71. The summed E-state index contributed by atoms with van der Waals surface area (Å²) < 4.78 is 3.66. The van der Waals surface area contributed by atoms with Crippen LogP contribution in [0.3, 0.4) is 0 Å². The Hall–Kier alpha value is -3.50. The van der Waals surface area contributed by atoms with Gasteiger partial charge in [0.1, 0.15) is 0 Å². The standard InChI is InChI=1S/C24H24N6O/c1-24(2,31)15-29-14-19-11-18(7-8-21(19)28-29)20-13-27-30-10-9-26-22(23(20)30)17-5-3-16(12-25)4-6-17/h5,7-11,13-14,16,31H,3-4,6,15H2,1-2H3. The first-order chi connectivity index (χ1) is 14.9. The van der Waals surface area contributed by atoms with Gasteiger partial charge < -0.3 is 5.11 Å². The molecule has 0 amide bonds. The van der Waals surface area contributed by atoms with E-state index >= 15 is 0 Å². The summed E-state index contributed by atoms with van der Waals surface area (Å²) >= 11 is 0. The van der Waals surface area contributed by atoms with Crippen molar-refractivity contribution in [3.05, 3.63) is 54.8 Å². The van der Waals surface area contributed by atoms with Gasteiger partial charge in [-0.1, -0.05) is 12.1 Å². The molecule has 1 aromatic carbocycles. The molecule has 31 heavy (non-hydrogen) atoms. The van der Waals surface area contributed by atoms with Gasteiger partial charge in [0.15, 0.2) is 0 Å². The Kier molecular flexibility index (Phi) is 4.60. The van der Waals surface area contributed by atoms with Crippen LogP contribution in [0.2, 0.25) is 0 Å². The molecule has 0 aliphatic heterocycles. The van der Waals surface area contributed by atoms with Crippen LogP contribution in [0.5, 0.6) is 0 Å². The van der Waals surface area contributed by atoms with E-state index in [1.807, 2.05) is 29.2 Å². The molecule has 0 spiro atoms. The number of allylic oxidation sites excluding steroid dienone is 2. The number of aromatic nitrogens is 5. The maximum atomic E-state index is 10.1. The van der Waals surface area contributed by atoms with Crippen molar-refractivity contribution in [3.63, 3.8) is 0 Å². The largest absolute Gasteiger partial charge is 0.389 e. The van der Waals surface area contributed by atoms with Crippen molar-refractivity contribution < 1.29 is 5.11 Å². The van der Waals surface area contributed by atoms with Crippen molar-refractivity contribution in [2.24, 2.45) is 5.92 Å². The number of nitrogens with zero attached hydrogens (tertiary/aromatic N) is 6. The van der Waals surface area contributed by atoms with Gasteiger partial charge in [0.05, 0.1) is 47.1 Å². The fraction of sp³-hybridized carbons (Fsp3) is 0.333. The Balaban J connectivity index is 1.58. The first-order valence-electron chi connectivity index (χ1n) is 10.5. The summed E-state index contributed by atoms with van der Waals surface area (Å²) in [6, 6.07) is 8.54. The van der Waals surface area contributed by atoms with Crippen molar-refractivity contribution in [2.45, 2.75) is 45.3 Å². The maximum Gasteiger partial charge on any atom is 0.0999 e. The van der Waals surface area contributed by atoms with E-state index < -0.39 is 5.60 Å². The van der Waals surface area contributed by atoms with Gasteiger partial charge in [-0.25, -0.2) is 4.52 Å². The highest BCUT2D eigenvalue weighted by Gasteiger charge is 2.20. The molecule has 156 valence electrons. The minimum atomic E-state index is -0.827. The van der Waals surface area contributed by atoms with Crippen LogP contribution in [-0.4, -0.2) is 35.1 Å². The molecule has 0 saturated carbocycles. The monoisotopic (exact) mass is 412 g/mol. The van der Waals surface area contributed by atoms with Gasteiger partial charge in [0.2, 0.25) is 0 Å². The second kappa shape index (κ2) is 7.33. The zero-order valence-electron chi connectivity index (χ0n) is 17.7. The lowest BCUT2D eigenvalue weighted by Crippen LogP contribution is -2.26. The highest BCUT2D eigenvalue weighted by Crippen LogP contribution is 2.35. The van der Waals surface area contributed by atoms with E-state index in [0.717, 1.165) is 52.5 Å². The summed E-state index contributed by atoms with van der Waals surface area (Å²) in [5, 5.41) is 29.5. The number of fused-ring (bicyclic) bond motifs is 2. The van der Waals surface area contributed by atoms with E-state index in [-0.39, 0.29) is 5.92 Å². The molecule has 1 aliphatic rings. The zero-order chi connectivity index (χ0) is 21.6. The Bertz CT molecular complexity index is 1350. The Morgan fingerprint density at radius 2 is 2.19 bits per heavy atom. The average Bonchev–Trinajstić information content (AvgIpc) is 3.35. The van der Waals surface area contributed by atoms with Crippen LogP contribution >= 0.6 is 0 Å². The van der Waals surface area contributed by atoms with E-state index in [9.17, 15) is 10.4 Å². The van der Waals surface area contributed by atoms with Crippen LogP contribution in [0.15, 0.2) is 49.1 Å². The van der Waals surface area contributed by atoms with Gasteiger partial charge in [-0.05, 0) is 56.4 Å². The molecule has 4 aromatic rings. The molecule has 0 saturated heterocycles. The lowest BCUT2D eigenvalue weighted by Gasteiger charge is -2.17. The number of hydrogen-bond acceptors (Lipinski definition) is 5. The summed E-state index contributed by atoms with van der Waals surface area (Å²) in [6.45, 7) is 3.98. The second-order valence-electron chi connectivity index (χ2n) is 8.87. The molecule has 0 fully saturated rings. The summed E-state index contributed by atoms with van der Waals surface area (Å²) in [6.07, 6.45) is 12.1. The third-order valence-corrected chi connectivity index (χ3v) is 5.74. The Labute approximate surface area is 180 Å². The highest BCUT2D eigenvalue weighted by molar-refractivity contribution is 5.92. The molecule has 0 radical (unpaired) electrons. The molecule has 3 aromatic heterocycles. The molecule has 1 N–H and O–H groups in total.